The Morgan fingerprint density at radius 2 is 1.46 bits per heavy atom. The Morgan fingerprint density at radius 1 is 0.923 bits per heavy atom. The van der Waals surface area contributed by atoms with Gasteiger partial charge in [-0.2, -0.15) is 0 Å². The lowest BCUT2D eigenvalue weighted by Crippen LogP contribution is -2.33. The molecule has 0 aromatic carbocycles. The van der Waals surface area contributed by atoms with Crippen molar-refractivity contribution in [1.82, 2.24) is 14.7 Å². The first-order chi connectivity index (χ1) is 6.06. The molecule has 0 amide bonds. The van der Waals surface area contributed by atoms with Crippen molar-refractivity contribution in [3.8, 4) is 0 Å². The van der Waals surface area contributed by atoms with Gasteiger partial charge in [-0.3, -0.25) is 0 Å². The van der Waals surface area contributed by atoms with Crippen LogP contribution in [-0.2, 0) is 0 Å². The van der Waals surface area contributed by atoms with E-state index in [1.165, 1.54) is 0 Å². The van der Waals surface area contributed by atoms with Gasteiger partial charge in [0, 0.05) is 33.2 Å². The van der Waals surface area contributed by atoms with Gasteiger partial charge in [-0.25, -0.2) is 0 Å². The second-order valence-electron chi connectivity index (χ2n) is 3.77. The molecule has 0 N–H and O–H groups in total. The zero-order valence-electron chi connectivity index (χ0n) is 9.45. The van der Waals surface area contributed by atoms with Crippen LogP contribution in [0.15, 0.2) is 12.8 Å². The fourth-order valence-electron chi connectivity index (χ4n) is 0.902. The van der Waals surface area contributed by atoms with Crippen molar-refractivity contribution in [2.75, 3.05) is 54.4 Å². The van der Waals surface area contributed by atoms with E-state index in [4.69, 9.17) is 0 Å². The zero-order valence-corrected chi connectivity index (χ0v) is 9.45. The van der Waals surface area contributed by atoms with Gasteiger partial charge < -0.3 is 14.7 Å². The summed E-state index contributed by atoms with van der Waals surface area (Å²) in [5.74, 6) is 0. The Labute approximate surface area is 82.6 Å². The number of rotatable bonds is 7. The van der Waals surface area contributed by atoms with Crippen LogP contribution >= 0.6 is 0 Å². The largest absolute Gasteiger partial charge is 0.380 e. The predicted octanol–water partition coefficient (Wildman–Crippen LogP) is 0.555. The van der Waals surface area contributed by atoms with Gasteiger partial charge in [0.25, 0.3) is 0 Å². The van der Waals surface area contributed by atoms with Crippen LogP contribution in [0.2, 0.25) is 0 Å². The Bertz CT molecular complexity index is 134. The summed E-state index contributed by atoms with van der Waals surface area (Å²) >= 11 is 0. The molecule has 0 aromatic heterocycles. The molecule has 0 unspecified atom stereocenters. The number of hydrogen-bond donors (Lipinski definition) is 0. The van der Waals surface area contributed by atoms with Crippen LogP contribution < -0.4 is 0 Å². The molecule has 0 heterocycles. The zero-order chi connectivity index (χ0) is 10.3. The van der Waals surface area contributed by atoms with Crippen molar-refractivity contribution < 1.29 is 0 Å². The maximum absolute atomic E-state index is 3.71. The first-order valence-corrected chi connectivity index (χ1v) is 4.72. The van der Waals surface area contributed by atoms with Gasteiger partial charge in [-0.1, -0.05) is 6.58 Å². The van der Waals surface area contributed by atoms with Crippen molar-refractivity contribution >= 4 is 0 Å². The average molecular weight is 185 g/mol. The molecule has 0 atom stereocenters. The van der Waals surface area contributed by atoms with E-state index < -0.39 is 0 Å². The van der Waals surface area contributed by atoms with Crippen molar-refractivity contribution in [2.45, 2.75) is 0 Å². The molecular formula is C10H23N3. The van der Waals surface area contributed by atoms with E-state index in [-0.39, 0.29) is 0 Å². The fourth-order valence-corrected chi connectivity index (χ4v) is 0.902. The van der Waals surface area contributed by atoms with Crippen molar-refractivity contribution in [2.24, 2.45) is 0 Å². The Hall–Kier alpha value is -0.540. The molecular weight excluding hydrogens is 162 g/mol. The van der Waals surface area contributed by atoms with Crippen molar-refractivity contribution in [3.05, 3.63) is 12.8 Å². The molecule has 0 aliphatic carbocycles. The number of hydrogen-bond acceptors (Lipinski definition) is 3. The van der Waals surface area contributed by atoms with Crippen LogP contribution in [0.4, 0.5) is 0 Å². The SMILES string of the molecule is C=CN(C)CCN(C)CCN(C)C. The second kappa shape index (κ2) is 6.92. The Morgan fingerprint density at radius 3 is 1.92 bits per heavy atom. The molecule has 78 valence electrons. The highest BCUT2D eigenvalue weighted by molar-refractivity contribution is 4.67. The lowest BCUT2D eigenvalue weighted by Gasteiger charge is -2.22. The van der Waals surface area contributed by atoms with Crippen LogP contribution in [0.3, 0.4) is 0 Å². The summed E-state index contributed by atoms with van der Waals surface area (Å²) < 4.78 is 0. The third-order valence-corrected chi connectivity index (χ3v) is 2.08. The van der Waals surface area contributed by atoms with E-state index >= 15 is 0 Å². The molecule has 0 aromatic rings. The van der Waals surface area contributed by atoms with Gasteiger partial charge in [0.1, 0.15) is 0 Å². The topological polar surface area (TPSA) is 9.72 Å². The van der Waals surface area contributed by atoms with Crippen LogP contribution in [0, 0.1) is 0 Å². The normalized spacial score (nSPS) is 10.9. The van der Waals surface area contributed by atoms with Crippen molar-refractivity contribution in [1.29, 1.82) is 0 Å². The molecule has 0 saturated carbocycles. The van der Waals surface area contributed by atoms with Gasteiger partial charge in [-0.15, -0.1) is 0 Å². The minimum absolute atomic E-state index is 1.05. The number of nitrogens with zero attached hydrogens (tertiary/aromatic N) is 3. The third kappa shape index (κ3) is 7.81. The molecule has 0 fully saturated rings. The lowest BCUT2D eigenvalue weighted by molar-refractivity contribution is 0.261. The van der Waals surface area contributed by atoms with Gasteiger partial charge in [0.2, 0.25) is 0 Å². The summed E-state index contributed by atoms with van der Waals surface area (Å²) in [5.41, 5.74) is 0. The van der Waals surface area contributed by atoms with Gasteiger partial charge in [0.15, 0.2) is 0 Å². The summed E-state index contributed by atoms with van der Waals surface area (Å²) in [6.45, 7) is 8.10. The molecule has 0 aliphatic rings. The highest BCUT2D eigenvalue weighted by Crippen LogP contribution is 1.87. The van der Waals surface area contributed by atoms with E-state index in [0.717, 1.165) is 26.2 Å². The molecule has 0 spiro atoms. The average Bonchev–Trinajstić information content (AvgIpc) is 2.10. The van der Waals surface area contributed by atoms with E-state index in [1.807, 2.05) is 13.2 Å². The minimum Gasteiger partial charge on any atom is -0.380 e. The minimum atomic E-state index is 1.05. The highest BCUT2D eigenvalue weighted by Gasteiger charge is 1.99. The molecule has 0 bridgehead atoms. The molecule has 3 nitrogen and oxygen atoms in total. The van der Waals surface area contributed by atoms with E-state index in [2.05, 4.69) is 42.4 Å². The second-order valence-corrected chi connectivity index (χ2v) is 3.77. The molecule has 0 saturated heterocycles. The number of likely N-dealkylation sites (N-methyl/N-ethyl adjacent to an activating group) is 3. The van der Waals surface area contributed by atoms with Gasteiger partial charge in [0.05, 0.1) is 0 Å². The molecule has 0 aliphatic heterocycles. The van der Waals surface area contributed by atoms with E-state index in [9.17, 15) is 0 Å². The van der Waals surface area contributed by atoms with Gasteiger partial charge >= 0.3 is 0 Å². The maximum atomic E-state index is 3.71. The monoisotopic (exact) mass is 185 g/mol. The van der Waals surface area contributed by atoms with E-state index in [1.54, 1.807) is 0 Å². The summed E-state index contributed by atoms with van der Waals surface area (Å²) in [6, 6.07) is 0. The maximum Gasteiger partial charge on any atom is 0.0296 e. The molecule has 0 rings (SSSR count). The van der Waals surface area contributed by atoms with E-state index in [0.29, 0.717) is 0 Å². The molecule has 0 radical (unpaired) electrons. The van der Waals surface area contributed by atoms with Crippen LogP contribution in [0.5, 0.6) is 0 Å². The lowest BCUT2D eigenvalue weighted by atomic mass is 10.4. The first kappa shape index (κ1) is 12.5. The Balaban J connectivity index is 3.39. The van der Waals surface area contributed by atoms with Crippen molar-refractivity contribution in [3.63, 3.8) is 0 Å². The molecule has 3 heteroatoms. The first-order valence-electron chi connectivity index (χ1n) is 4.72. The summed E-state index contributed by atoms with van der Waals surface area (Å²) in [5, 5.41) is 0. The van der Waals surface area contributed by atoms with Crippen LogP contribution in [0.25, 0.3) is 0 Å². The standard InChI is InChI=1S/C10H23N3/c1-6-12(4)9-10-13(5)8-7-11(2)3/h6H,1,7-10H2,2-5H3. The van der Waals surface area contributed by atoms with Crippen LogP contribution in [-0.4, -0.2) is 69.1 Å². The smallest absolute Gasteiger partial charge is 0.0296 e. The Kier molecular flexibility index (Phi) is 6.63. The third-order valence-electron chi connectivity index (χ3n) is 2.08. The molecule has 13 heavy (non-hydrogen) atoms. The van der Waals surface area contributed by atoms with Crippen LogP contribution in [0.1, 0.15) is 0 Å². The summed E-state index contributed by atoms with van der Waals surface area (Å²) in [7, 11) is 8.40. The quantitative estimate of drug-likeness (QED) is 0.574. The summed E-state index contributed by atoms with van der Waals surface area (Å²) in [4.78, 5) is 6.64. The summed E-state index contributed by atoms with van der Waals surface area (Å²) in [6.07, 6.45) is 1.86. The van der Waals surface area contributed by atoms with Gasteiger partial charge in [-0.05, 0) is 27.3 Å². The fraction of sp³-hybridized carbons (Fsp3) is 0.800. The highest BCUT2D eigenvalue weighted by atomic mass is 15.2. The predicted molar refractivity (Wildman–Crippen MR) is 58.9 cm³/mol.